The molecule has 0 bridgehead atoms. The van der Waals surface area contributed by atoms with E-state index in [-0.39, 0.29) is 41.3 Å². The van der Waals surface area contributed by atoms with E-state index in [1.165, 1.54) is 16.4 Å². The van der Waals surface area contributed by atoms with Crippen LogP contribution < -0.4 is 14.8 Å². The van der Waals surface area contributed by atoms with Crippen LogP contribution in [0.1, 0.15) is 12.8 Å². The Kier molecular flexibility index (Phi) is 5.19. The van der Waals surface area contributed by atoms with Crippen molar-refractivity contribution in [2.75, 3.05) is 31.3 Å². The van der Waals surface area contributed by atoms with Crippen LogP contribution in [0.2, 0.25) is 5.02 Å². The molecule has 1 fully saturated rings. The lowest BCUT2D eigenvalue weighted by molar-refractivity contribution is -0.118. The van der Waals surface area contributed by atoms with Crippen LogP contribution >= 0.6 is 11.6 Å². The summed E-state index contributed by atoms with van der Waals surface area (Å²) in [5.41, 5.74) is 0.312. The van der Waals surface area contributed by atoms with Crippen LogP contribution in [0.3, 0.4) is 0 Å². The largest absolute Gasteiger partial charge is 0.482 e. The number of ether oxygens (including phenoxy) is 1. The van der Waals surface area contributed by atoms with E-state index < -0.39 is 26.1 Å². The summed E-state index contributed by atoms with van der Waals surface area (Å²) in [6, 6.07) is 2.20. The van der Waals surface area contributed by atoms with Crippen molar-refractivity contribution in [3.05, 3.63) is 17.2 Å². The molecule has 12 heteroatoms. The van der Waals surface area contributed by atoms with Gasteiger partial charge in [0.2, 0.25) is 20.0 Å². The van der Waals surface area contributed by atoms with Gasteiger partial charge in [-0.1, -0.05) is 11.6 Å². The van der Waals surface area contributed by atoms with Crippen LogP contribution in [0, 0.1) is 0 Å². The molecule has 0 spiro atoms. The second-order valence-corrected chi connectivity index (χ2v) is 10.2. The molecule has 2 aliphatic heterocycles. The number of carbonyl (C=O) groups excluding carboxylic acids is 1. The number of halogens is 1. The third kappa shape index (κ3) is 4.12. The van der Waals surface area contributed by atoms with Crippen molar-refractivity contribution in [2.24, 2.45) is 0 Å². The number of anilines is 1. The summed E-state index contributed by atoms with van der Waals surface area (Å²) in [5, 5.41) is 2.51. The lowest BCUT2D eigenvalue weighted by atomic mass is 10.1. The molecular formula is C14H18ClN3O6S2. The Labute approximate surface area is 156 Å². The minimum absolute atomic E-state index is 0.0457. The molecule has 3 rings (SSSR count). The maximum absolute atomic E-state index is 12.7. The molecule has 144 valence electrons. The Morgan fingerprint density at radius 1 is 1.23 bits per heavy atom. The number of benzene rings is 1. The highest BCUT2D eigenvalue weighted by atomic mass is 35.5. The van der Waals surface area contributed by atoms with E-state index in [1.807, 2.05) is 0 Å². The molecule has 1 amide bonds. The maximum Gasteiger partial charge on any atom is 0.262 e. The Balaban J connectivity index is 1.76. The highest BCUT2D eigenvalue weighted by Crippen LogP contribution is 2.35. The molecule has 26 heavy (non-hydrogen) atoms. The predicted octanol–water partition coefficient (Wildman–Crippen LogP) is 0.373. The molecule has 1 aromatic carbocycles. The number of fused-ring (bicyclic) bond motifs is 1. The van der Waals surface area contributed by atoms with Gasteiger partial charge in [0.05, 0.1) is 17.0 Å². The van der Waals surface area contributed by atoms with Gasteiger partial charge in [0.1, 0.15) is 10.6 Å². The van der Waals surface area contributed by atoms with Gasteiger partial charge in [-0.25, -0.2) is 25.9 Å². The number of rotatable bonds is 4. The van der Waals surface area contributed by atoms with Gasteiger partial charge in [-0.2, -0.15) is 0 Å². The summed E-state index contributed by atoms with van der Waals surface area (Å²) in [4.78, 5) is 11.2. The molecule has 1 aromatic rings. The van der Waals surface area contributed by atoms with Gasteiger partial charge in [0, 0.05) is 25.2 Å². The van der Waals surface area contributed by atoms with E-state index in [1.54, 1.807) is 0 Å². The van der Waals surface area contributed by atoms with Gasteiger partial charge in [0.15, 0.2) is 6.61 Å². The van der Waals surface area contributed by atoms with E-state index in [9.17, 15) is 21.6 Å². The summed E-state index contributed by atoms with van der Waals surface area (Å²) in [7, 11) is -7.22. The molecule has 2 N–H and O–H groups in total. The third-order valence-corrected chi connectivity index (χ3v) is 7.49. The van der Waals surface area contributed by atoms with Crippen LogP contribution in [0.4, 0.5) is 5.69 Å². The number of nitrogens with zero attached hydrogens (tertiary/aromatic N) is 1. The normalized spacial score (nSPS) is 19.5. The zero-order valence-corrected chi connectivity index (χ0v) is 16.2. The van der Waals surface area contributed by atoms with Crippen molar-refractivity contribution in [1.29, 1.82) is 0 Å². The summed E-state index contributed by atoms with van der Waals surface area (Å²) in [5.74, 6) is -0.124. The summed E-state index contributed by atoms with van der Waals surface area (Å²) in [6.07, 6.45) is 1.85. The van der Waals surface area contributed by atoms with Gasteiger partial charge in [-0.3, -0.25) is 4.79 Å². The third-order valence-electron chi connectivity index (χ3n) is 4.20. The van der Waals surface area contributed by atoms with Gasteiger partial charge in [-0.15, -0.1) is 0 Å². The Hall–Kier alpha value is -1.40. The number of hydrogen-bond donors (Lipinski definition) is 2. The molecule has 0 radical (unpaired) electrons. The van der Waals surface area contributed by atoms with Crippen LogP contribution in [0.5, 0.6) is 5.75 Å². The lowest BCUT2D eigenvalue weighted by Gasteiger charge is -2.30. The molecule has 1 saturated heterocycles. The first kappa shape index (κ1) is 19.4. The first-order valence-electron chi connectivity index (χ1n) is 7.80. The quantitative estimate of drug-likeness (QED) is 0.721. The van der Waals surface area contributed by atoms with Crippen molar-refractivity contribution < 1.29 is 26.4 Å². The molecule has 0 aromatic heterocycles. The minimum atomic E-state index is -3.93. The predicted molar refractivity (Wildman–Crippen MR) is 95.3 cm³/mol. The van der Waals surface area contributed by atoms with E-state index in [0.717, 1.165) is 6.26 Å². The monoisotopic (exact) mass is 423 g/mol. The highest BCUT2D eigenvalue weighted by Gasteiger charge is 2.30. The fraction of sp³-hybridized carbons (Fsp3) is 0.500. The fourth-order valence-corrected chi connectivity index (χ4v) is 5.60. The van der Waals surface area contributed by atoms with Gasteiger partial charge >= 0.3 is 0 Å². The standard InChI is InChI=1S/C14H18ClN3O6S2/c1-25(20,21)18-4-2-9(3-5-18)17-26(22,23)13-7-12-11(6-10(13)15)16-14(19)8-24-12/h6-7,9,17H,2-5,8H2,1H3,(H,16,19). The molecule has 0 saturated carbocycles. The SMILES string of the molecule is CS(=O)(=O)N1CCC(NS(=O)(=O)c2cc3c(cc2Cl)NC(=O)CO3)CC1. The zero-order chi connectivity index (χ0) is 19.1. The Morgan fingerprint density at radius 3 is 2.50 bits per heavy atom. The summed E-state index contributed by atoms with van der Waals surface area (Å²) >= 11 is 6.08. The van der Waals surface area contributed by atoms with E-state index in [2.05, 4.69) is 10.0 Å². The van der Waals surface area contributed by atoms with Crippen LogP contribution in [-0.4, -0.2) is 59.0 Å². The molecule has 0 aliphatic carbocycles. The topological polar surface area (TPSA) is 122 Å². The molecular weight excluding hydrogens is 406 g/mol. The molecule has 9 nitrogen and oxygen atoms in total. The van der Waals surface area contributed by atoms with Crippen molar-refractivity contribution in [2.45, 2.75) is 23.8 Å². The summed E-state index contributed by atoms with van der Waals surface area (Å²) < 4.78 is 57.5. The maximum atomic E-state index is 12.7. The Morgan fingerprint density at radius 2 is 1.88 bits per heavy atom. The van der Waals surface area contributed by atoms with Crippen LogP contribution in [-0.2, 0) is 24.8 Å². The van der Waals surface area contributed by atoms with Crippen LogP contribution in [0.25, 0.3) is 0 Å². The second kappa shape index (κ2) is 6.97. The number of amides is 1. The van der Waals surface area contributed by atoms with Crippen molar-refractivity contribution >= 4 is 43.2 Å². The van der Waals surface area contributed by atoms with Crippen molar-refractivity contribution in [3.8, 4) is 5.75 Å². The Bertz CT molecular complexity index is 940. The molecule has 0 atom stereocenters. The fourth-order valence-electron chi connectivity index (χ4n) is 2.88. The summed E-state index contributed by atoms with van der Waals surface area (Å²) in [6.45, 7) is 0.295. The number of hydrogen-bond acceptors (Lipinski definition) is 6. The zero-order valence-electron chi connectivity index (χ0n) is 13.9. The average Bonchev–Trinajstić information content (AvgIpc) is 2.53. The highest BCUT2D eigenvalue weighted by molar-refractivity contribution is 7.89. The molecule has 2 heterocycles. The first-order chi connectivity index (χ1) is 12.1. The van der Waals surface area contributed by atoms with E-state index >= 15 is 0 Å². The van der Waals surface area contributed by atoms with E-state index in [4.69, 9.17) is 16.3 Å². The van der Waals surface area contributed by atoms with Crippen molar-refractivity contribution in [1.82, 2.24) is 9.03 Å². The van der Waals surface area contributed by atoms with E-state index in [0.29, 0.717) is 18.5 Å². The van der Waals surface area contributed by atoms with Gasteiger partial charge in [-0.05, 0) is 18.9 Å². The number of sulfonamides is 2. The first-order valence-corrected chi connectivity index (χ1v) is 11.5. The minimum Gasteiger partial charge on any atom is -0.482 e. The average molecular weight is 424 g/mol. The van der Waals surface area contributed by atoms with Gasteiger partial charge < -0.3 is 10.1 Å². The van der Waals surface area contributed by atoms with Crippen molar-refractivity contribution in [3.63, 3.8) is 0 Å². The number of carbonyl (C=O) groups is 1. The second-order valence-electron chi connectivity index (χ2n) is 6.17. The number of nitrogens with one attached hydrogen (secondary N) is 2. The van der Waals surface area contributed by atoms with Gasteiger partial charge in [0.25, 0.3) is 5.91 Å². The smallest absolute Gasteiger partial charge is 0.262 e. The molecule has 2 aliphatic rings. The number of piperidine rings is 1. The van der Waals surface area contributed by atoms with Crippen LogP contribution in [0.15, 0.2) is 17.0 Å². The lowest BCUT2D eigenvalue weighted by Crippen LogP contribution is -2.46. The molecule has 0 unspecified atom stereocenters.